The van der Waals surface area contributed by atoms with Gasteiger partial charge in [0.15, 0.2) is 8.24 Å². The van der Waals surface area contributed by atoms with E-state index in [1.165, 1.54) is 0 Å². The molecule has 0 aromatic rings. The molecule has 0 bridgehead atoms. The van der Waals surface area contributed by atoms with Gasteiger partial charge in [-0.15, -0.1) is 0 Å². The van der Waals surface area contributed by atoms with Crippen LogP contribution in [0, 0.1) is 0 Å². The van der Waals surface area contributed by atoms with Gasteiger partial charge in [-0.05, 0) is 25.1 Å². The number of amides is 1. The molecule has 0 saturated heterocycles. The van der Waals surface area contributed by atoms with Gasteiger partial charge in [0.25, 0.3) is 0 Å². The molecule has 1 amide bonds. The molecule has 1 N–H and O–H groups in total. The van der Waals surface area contributed by atoms with Crippen molar-refractivity contribution in [2.45, 2.75) is 45.8 Å². The molecule has 0 heterocycles. The van der Waals surface area contributed by atoms with Crippen molar-refractivity contribution in [3.63, 3.8) is 0 Å². The van der Waals surface area contributed by atoms with Crippen molar-refractivity contribution in [3.8, 4) is 0 Å². The average Bonchev–Trinajstić information content (AvgIpc) is 2.15. The van der Waals surface area contributed by atoms with Crippen LogP contribution >= 0.6 is 0 Å². The van der Waals surface area contributed by atoms with E-state index >= 15 is 0 Å². The highest BCUT2D eigenvalue weighted by atomic mass is 28.3. The van der Waals surface area contributed by atoms with E-state index in [0.29, 0.717) is 6.61 Å². The van der Waals surface area contributed by atoms with E-state index in [9.17, 15) is 4.79 Å². The SMILES string of the molecule is CCOC(=O)N[Si](CC)(CC)CC. The molecule has 0 spiro atoms. The number of ether oxygens (including phenoxy) is 1. The van der Waals surface area contributed by atoms with Crippen molar-refractivity contribution in [3.05, 3.63) is 0 Å². The van der Waals surface area contributed by atoms with Crippen LogP contribution in [-0.4, -0.2) is 20.9 Å². The Morgan fingerprint density at radius 2 is 1.62 bits per heavy atom. The predicted octanol–water partition coefficient (Wildman–Crippen LogP) is 2.74. The smallest absolute Gasteiger partial charge is 0.399 e. The van der Waals surface area contributed by atoms with Crippen molar-refractivity contribution in [1.29, 1.82) is 0 Å². The first-order valence-corrected chi connectivity index (χ1v) is 7.71. The molecule has 0 saturated carbocycles. The largest absolute Gasteiger partial charge is 0.450 e. The van der Waals surface area contributed by atoms with E-state index in [2.05, 4.69) is 25.8 Å². The molecular formula is C9H21NO2Si. The van der Waals surface area contributed by atoms with Crippen molar-refractivity contribution >= 4 is 14.3 Å². The van der Waals surface area contributed by atoms with Gasteiger partial charge in [-0.25, -0.2) is 4.79 Å². The third-order valence-electron chi connectivity index (χ3n) is 2.67. The summed E-state index contributed by atoms with van der Waals surface area (Å²) in [4.78, 5) is 14.3. The molecule has 0 aliphatic carbocycles. The van der Waals surface area contributed by atoms with Crippen LogP contribution in [0.25, 0.3) is 0 Å². The highest BCUT2D eigenvalue weighted by Gasteiger charge is 2.29. The molecule has 3 nitrogen and oxygen atoms in total. The Bertz CT molecular complexity index is 149. The van der Waals surface area contributed by atoms with Crippen LogP contribution in [0.5, 0.6) is 0 Å². The van der Waals surface area contributed by atoms with Gasteiger partial charge in [0.2, 0.25) is 0 Å². The van der Waals surface area contributed by atoms with Crippen molar-refractivity contribution < 1.29 is 9.53 Å². The fraction of sp³-hybridized carbons (Fsp3) is 0.889. The zero-order chi connectivity index (χ0) is 10.3. The summed E-state index contributed by atoms with van der Waals surface area (Å²) < 4.78 is 4.89. The lowest BCUT2D eigenvalue weighted by Gasteiger charge is -2.28. The number of hydrogen-bond acceptors (Lipinski definition) is 2. The standard InChI is InChI=1S/C9H21NO2Si/c1-5-12-9(11)10-13(6-2,7-3)8-4/h5-8H2,1-4H3,(H,10,11). The van der Waals surface area contributed by atoms with E-state index in [4.69, 9.17) is 4.74 Å². The second-order valence-corrected chi connectivity index (χ2v) is 8.12. The maximum absolute atomic E-state index is 11.2. The molecule has 0 fully saturated rings. The number of carbonyl (C=O) groups excluding carboxylic acids is 1. The molecule has 0 atom stereocenters. The van der Waals surface area contributed by atoms with Crippen LogP contribution < -0.4 is 4.98 Å². The molecule has 0 aliphatic rings. The summed E-state index contributed by atoms with van der Waals surface area (Å²) in [5.74, 6) is 0. The van der Waals surface area contributed by atoms with Gasteiger partial charge in [0, 0.05) is 0 Å². The second kappa shape index (κ2) is 6.02. The second-order valence-electron chi connectivity index (χ2n) is 3.19. The molecule has 4 heteroatoms. The van der Waals surface area contributed by atoms with E-state index in [1.54, 1.807) is 0 Å². The van der Waals surface area contributed by atoms with E-state index in [0.717, 1.165) is 18.1 Å². The topological polar surface area (TPSA) is 38.3 Å². The molecule has 0 aromatic heterocycles. The molecule has 0 aromatic carbocycles. The lowest BCUT2D eigenvalue weighted by atomic mass is 10.9. The maximum atomic E-state index is 11.2. The quantitative estimate of drug-likeness (QED) is 0.698. The predicted molar refractivity (Wildman–Crippen MR) is 57.4 cm³/mol. The Morgan fingerprint density at radius 1 is 1.15 bits per heavy atom. The summed E-state index contributed by atoms with van der Waals surface area (Å²) in [5, 5.41) is 0. The summed E-state index contributed by atoms with van der Waals surface area (Å²) in [6.45, 7) is 8.71. The van der Waals surface area contributed by atoms with Crippen LogP contribution in [0.2, 0.25) is 18.1 Å². The van der Waals surface area contributed by atoms with Crippen LogP contribution in [0.15, 0.2) is 0 Å². The van der Waals surface area contributed by atoms with Gasteiger partial charge in [-0.3, -0.25) is 0 Å². The Labute approximate surface area is 81.9 Å². The van der Waals surface area contributed by atoms with Gasteiger partial charge in [-0.2, -0.15) is 0 Å². The Balaban J connectivity index is 4.16. The first-order valence-electron chi connectivity index (χ1n) is 5.09. The number of hydrogen-bond donors (Lipinski definition) is 1. The number of carbonyl (C=O) groups is 1. The normalized spacial score (nSPS) is 11.1. The molecular weight excluding hydrogens is 182 g/mol. The number of nitrogens with one attached hydrogen (secondary N) is 1. The summed E-state index contributed by atoms with van der Waals surface area (Å²) in [6, 6.07) is 3.25. The third kappa shape index (κ3) is 3.80. The lowest BCUT2D eigenvalue weighted by molar-refractivity contribution is 0.158. The van der Waals surface area contributed by atoms with Gasteiger partial charge < -0.3 is 9.72 Å². The zero-order valence-electron chi connectivity index (χ0n) is 9.14. The number of rotatable bonds is 5. The Hall–Kier alpha value is -0.513. The minimum absolute atomic E-state index is 0.236. The molecule has 13 heavy (non-hydrogen) atoms. The molecule has 0 radical (unpaired) electrons. The highest BCUT2D eigenvalue weighted by Crippen LogP contribution is 2.16. The fourth-order valence-electron chi connectivity index (χ4n) is 1.40. The van der Waals surface area contributed by atoms with Gasteiger partial charge in [-0.1, -0.05) is 20.8 Å². The van der Waals surface area contributed by atoms with Gasteiger partial charge >= 0.3 is 6.09 Å². The van der Waals surface area contributed by atoms with Crippen molar-refractivity contribution in [1.82, 2.24) is 4.98 Å². The molecule has 0 aliphatic heterocycles. The highest BCUT2D eigenvalue weighted by molar-refractivity contribution is 6.79. The molecule has 0 rings (SSSR count). The summed E-state index contributed by atoms with van der Waals surface area (Å²) in [5.41, 5.74) is 0. The summed E-state index contributed by atoms with van der Waals surface area (Å²) in [7, 11) is -1.54. The molecule has 0 unspecified atom stereocenters. The Morgan fingerprint density at radius 3 is 1.92 bits per heavy atom. The van der Waals surface area contributed by atoms with E-state index in [-0.39, 0.29) is 6.09 Å². The van der Waals surface area contributed by atoms with Gasteiger partial charge in [0.05, 0.1) is 6.61 Å². The lowest BCUT2D eigenvalue weighted by Crippen LogP contribution is -2.51. The summed E-state index contributed by atoms with van der Waals surface area (Å²) >= 11 is 0. The van der Waals surface area contributed by atoms with Crippen molar-refractivity contribution in [2.24, 2.45) is 0 Å². The minimum Gasteiger partial charge on any atom is -0.450 e. The van der Waals surface area contributed by atoms with E-state index in [1.807, 2.05) is 6.92 Å². The minimum atomic E-state index is -1.54. The monoisotopic (exact) mass is 203 g/mol. The summed E-state index contributed by atoms with van der Waals surface area (Å²) in [6.07, 6.45) is -0.236. The van der Waals surface area contributed by atoms with Crippen molar-refractivity contribution in [2.75, 3.05) is 6.61 Å². The Kier molecular flexibility index (Phi) is 5.78. The van der Waals surface area contributed by atoms with E-state index < -0.39 is 8.24 Å². The van der Waals surface area contributed by atoms with Crippen LogP contribution in [0.3, 0.4) is 0 Å². The van der Waals surface area contributed by atoms with Crippen LogP contribution in [-0.2, 0) is 4.74 Å². The average molecular weight is 203 g/mol. The fourth-order valence-corrected chi connectivity index (χ4v) is 3.93. The molecule has 78 valence electrons. The zero-order valence-corrected chi connectivity index (χ0v) is 10.1. The third-order valence-corrected chi connectivity index (χ3v) is 7.47. The first kappa shape index (κ1) is 12.5. The van der Waals surface area contributed by atoms with Crippen LogP contribution in [0.1, 0.15) is 27.7 Å². The van der Waals surface area contributed by atoms with Crippen LogP contribution in [0.4, 0.5) is 4.79 Å². The van der Waals surface area contributed by atoms with Gasteiger partial charge in [0.1, 0.15) is 0 Å². The first-order chi connectivity index (χ1) is 6.14. The maximum Gasteiger partial charge on any atom is 0.399 e.